The van der Waals surface area contributed by atoms with Crippen LogP contribution < -0.4 is 9.73 Å². The molecular formula is C28H28ClN5O3S. The molecule has 0 aliphatic heterocycles. The van der Waals surface area contributed by atoms with Crippen molar-refractivity contribution >= 4 is 39.4 Å². The van der Waals surface area contributed by atoms with Gasteiger partial charge in [0.25, 0.3) is 15.9 Å². The minimum absolute atomic E-state index is 0.0911. The lowest BCUT2D eigenvalue weighted by Gasteiger charge is -2.24. The molecule has 0 aliphatic rings. The minimum Gasteiger partial charge on any atom is -0.271 e. The van der Waals surface area contributed by atoms with Crippen LogP contribution >= 0.6 is 11.6 Å². The van der Waals surface area contributed by atoms with Gasteiger partial charge in [-0.3, -0.25) is 9.10 Å². The van der Waals surface area contributed by atoms with Gasteiger partial charge in [0.2, 0.25) is 0 Å². The number of amides is 1. The van der Waals surface area contributed by atoms with Crippen LogP contribution in [0.1, 0.15) is 27.9 Å². The molecule has 4 aromatic rings. The Hall–Kier alpha value is -3.95. The summed E-state index contributed by atoms with van der Waals surface area (Å²) >= 11 is 6.32. The summed E-state index contributed by atoms with van der Waals surface area (Å²) < 4.78 is 29.9. The van der Waals surface area contributed by atoms with Gasteiger partial charge in [-0.25, -0.2) is 18.5 Å². The quantitative estimate of drug-likeness (QED) is 0.244. The molecule has 3 aromatic carbocycles. The Morgan fingerprint density at radius 3 is 2.34 bits per heavy atom. The van der Waals surface area contributed by atoms with Gasteiger partial charge in [0.05, 0.1) is 33.7 Å². The van der Waals surface area contributed by atoms with Crippen molar-refractivity contribution in [3.63, 3.8) is 0 Å². The van der Waals surface area contributed by atoms with Crippen LogP contribution in [0.2, 0.25) is 5.15 Å². The second-order valence-electron chi connectivity index (χ2n) is 8.92. The van der Waals surface area contributed by atoms with Gasteiger partial charge in [0.15, 0.2) is 5.15 Å². The molecule has 1 aromatic heterocycles. The third-order valence-corrected chi connectivity index (χ3v) is 8.24. The Kier molecular flexibility index (Phi) is 7.99. The maximum absolute atomic E-state index is 13.6. The molecule has 1 N–H and O–H groups in total. The van der Waals surface area contributed by atoms with E-state index in [0.717, 1.165) is 32.4 Å². The van der Waals surface area contributed by atoms with Crippen molar-refractivity contribution in [2.75, 3.05) is 10.8 Å². The lowest BCUT2D eigenvalue weighted by Crippen LogP contribution is -2.39. The predicted octanol–water partition coefficient (Wildman–Crippen LogP) is 5.10. The monoisotopic (exact) mass is 549 g/mol. The zero-order valence-electron chi connectivity index (χ0n) is 21.5. The van der Waals surface area contributed by atoms with E-state index in [1.54, 1.807) is 28.9 Å². The Bertz CT molecular complexity index is 1600. The number of nitrogens with one attached hydrogen (secondary N) is 1. The molecule has 0 saturated carbocycles. The van der Waals surface area contributed by atoms with Crippen molar-refractivity contribution in [2.45, 2.75) is 32.6 Å². The van der Waals surface area contributed by atoms with Gasteiger partial charge < -0.3 is 0 Å². The van der Waals surface area contributed by atoms with Crippen LogP contribution in [0.5, 0.6) is 0 Å². The molecule has 38 heavy (non-hydrogen) atoms. The summed E-state index contributed by atoms with van der Waals surface area (Å²) in [6.45, 7) is 7.07. The molecule has 196 valence electrons. The molecule has 8 nitrogen and oxygen atoms in total. The van der Waals surface area contributed by atoms with E-state index in [9.17, 15) is 13.2 Å². The number of halogens is 1. The number of hydrazone groups is 1. The number of anilines is 1. The fourth-order valence-corrected chi connectivity index (χ4v) is 5.49. The number of carbonyl (C=O) groups is 1. The molecule has 1 amide bonds. The highest BCUT2D eigenvalue weighted by molar-refractivity contribution is 7.92. The number of aryl methyl sites for hydroxylation is 3. The molecule has 0 spiro atoms. The Labute approximate surface area is 227 Å². The van der Waals surface area contributed by atoms with E-state index in [2.05, 4.69) is 15.6 Å². The Morgan fingerprint density at radius 1 is 1.00 bits per heavy atom. The smallest absolute Gasteiger partial charge is 0.264 e. The van der Waals surface area contributed by atoms with E-state index in [-0.39, 0.29) is 10.0 Å². The third-order valence-electron chi connectivity index (χ3n) is 6.18. The number of hydrogen-bond acceptors (Lipinski definition) is 5. The highest BCUT2D eigenvalue weighted by atomic mass is 35.5. The fraction of sp³-hybridized carbons (Fsp3) is 0.179. The van der Waals surface area contributed by atoms with E-state index >= 15 is 0 Å². The Balaban J connectivity index is 1.58. The van der Waals surface area contributed by atoms with Gasteiger partial charge in [0, 0.05) is 0 Å². The minimum atomic E-state index is -4.03. The van der Waals surface area contributed by atoms with E-state index in [1.165, 1.54) is 18.3 Å². The first-order chi connectivity index (χ1) is 18.1. The van der Waals surface area contributed by atoms with Crippen LogP contribution in [0.3, 0.4) is 0 Å². The van der Waals surface area contributed by atoms with E-state index in [1.807, 2.05) is 64.1 Å². The highest BCUT2D eigenvalue weighted by Gasteiger charge is 2.27. The highest BCUT2D eigenvalue weighted by Crippen LogP contribution is 2.26. The second-order valence-corrected chi connectivity index (χ2v) is 11.1. The summed E-state index contributed by atoms with van der Waals surface area (Å²) in [4.78, 5) is 13.0. The van der Waals surface area contributed by atoms with Gasteiger partial charge in [-0.1, -0.05) is 53.6 Å². The van der Waals surface area contributed by atoms with Crippen molar-refractivity contribution in [3.05, 3.63) is 106 Å². The number of rotatable bonds is 8. The molecule has 0 aliphatic carbocycles. The zero-order valence-corrected chi connectivity index (χ0v) is 23.1. The molecule has 4 rings (SSSR count). The molecule has 0 saturated heterocycles. The van der Waals surface area contributed by atoms with E-state index < -0.39 is 22.5 Å². The van der Waals surface area contributed by atoms with Gasteiger partial charge in [-0.2, -0.15) is 10.2 Å². The number of benzene rings is 3. The summed E-state index contributed by atoms with van der Waals surface area (Å²) in [6, 6.07) is 21.3. The van der Waals surface area contributed by atoms with Crippen LogP contribution in [0.25, 0.3) is 5.69 Å². The lowest BCUT2D eigenvalue weighted by atomic mass is 10.1. The normalized spacial score (nSPS) is 11.6. The van der Waals surface area contributed by atoms with Crippen LogP contribution in [-0.4, -0.2) is 36.9 Å². The molecule has 0 fully saturated rings. The van der Waals surface area contributed by atoms with Crippen molar-refractivity contribution in [2.24, 2.45) is 5.10 Å². The largest absolute Gasteiger partial charge is 0.271 e. The third kappa shape index (κ3) is 5.79. The molecule has 0 atom stereocenters. The first kappa shape index (κ1) is 27.1. The average Bonchev–Trinajstić information content (AvgIpc) is 3.18. The van der Waals surface area contributed by atoms with Gasteiger partial charge >= 0.3 is 0 Å². The van der Waals surface area contributed by atoms with Crippen molar-refractivity contribution in [1.29, 1.82) is 0 Å². The SMILES string of the molecule is Cc1ccc(S(=O)(=O)N(CC(=O)N/N=C\c2c(Cl)nn(-c3ccccc3)c2C)c2ccc(C)c(C)c2)cc1. The summed E-state index contributed by atoms with van der Waals surface area (Å²) in [5.74, 6) is -0.612. The van der Waals surface area contributed by atoms with Crippen LogP contribution in [0.15, 0.2) is 82.8 Å². The summed E-state index contributed by atoms with van der Waals surface area (Å²) in [6.07, 6.45) is 1.40. The molecule has 1 heterocycles. The maximum atomic E-state index is 13.6. The number of carbonyl (C=O) groups excluding carboxylic acids is 1. The number of nitrogens with zero attached hydrogens (tertiary/aromatic N) is 4. The number of sulfonamides is 1. The molecule has 0 radical (unpaired) electrons. The van der Waals surface area contributed by atoms with Crippen molar-refractivity contribution in [1.82, 2.24) is 15.2 Å². The van der Waals surface area contributed by atoms with Crippen molar-refractivity contribution in [3.8, 4) is 5.69 Å². The first-order valence-corrected chi connectivity index (χ1v) is 13.7. The fourth-order valence-electron chi connectivity index (χ4n) is 3.82. The summed E-state index contributed by atoms with van der Waals surface area (Å²) in [5, 5.41) is 8.60. The number of aromatic nitrogens is 2. The second kappa shape index (κ2) is 11.2. The zero-order chi connectivity index (χ0) is 27.4. The van der Waals surface area contributed by atoms with E-state index in [0.29, 0.717) is 11.3 Å². The van der Waals surface area contributed by atoms with Crippen molar-refractivity contribution < 1.29 is 13.2 Å². The standard InChI is InChI=1S/C28H28ClN5O3S/c1-19-10-14-25(15-11-19)38(36,37)33(24-13-12-20(2)21(3)16-24)18-27(35)31-30-17-26-22(4)34(32-28(26)29)23-8-6-5-7-9-23/h5-17H,18H2,1-4H3,(H,31,35)/b30-17-. The molecule has 0 bridgehead atoms. The average molecular weight is 550 g/mol. The molecule has 10 heteroatoms. The van der Waals surface area contributed by atoms with E-state index in [4.69, 9.17) is 11.6 Å². The van der Waals surface area contributed by atoms with Crippen LogP contribution in [0, 0.1) is 27.7 Å². The number of para-hydroxylation sites is 1. The van der Waals surface area contributed by atoms with Gasteiger partial charge in [-0.05, 0) is 75.2 Å². The Morgan fingerprint density at radius 2 is 1.68 bits per heavy atom. The number of hydrogen-bond donors (Lipinski definition) is 1. The molecular weight excluding hydrogens is 522 g/mol. The van der Waals surface area contributed by atoms with Gasteiger partial charge in [-0.15, -0.1) is 0 Å². The predicted molar refractivity (Wildman–Crippen MR) is 151 cm³/mol. The summed E-state index contributed by atoms with van der Waals surface area (Å²) in [7, 11) is -4.03. The maximum Gasteiger partial charge on any atom is 0.264 e. The molecule has 0 unspecified atom stereocenters. The van der Waals surface area contributed by atoms with Crippen LogP contribution in [-0.2, 0) is 14.8 Å². The topological polar surface area (TPSA) is 96.7 Å². The van der Waals surface area contributed by atoms with Crippen LogP contribution in [0.4, 0.5) is 5.69 Å². The van der Waals surface area contributed by atoms with Gasteiger partial charge in [0.1, 0.15) is 6.54 Å². The first-order valence-electron chi connectivity index (χ1n) is 11.9. The summed E-state index contributed by atoms with van der Waals surface area (Å²) in [5.41, 5.74) is 7.76. The lowest BCUT2D eigenvalue weighted by molar-refractivity contribution is -0.119.